The number of para-hydroxylation sites is 1. The fraction of sp³-hybridized carbons (Fsp3) is 0.156. The predicted molar refractivity (Wildman–Crippen MR) is 167 cm³/mol. The number of phenols is 1. The van der Waals surface area contributed by atoms with E-state index in [4.69, 9.17) is 25.8 Å². The third-order valence-corrected chi connectivity index (χ3v) is 6.68. The van der Waals surface area contributed by atoms with Crippen LogP contribution in [0, 0.1) is 19.7 Å². The number of nitrogens with one attached hydrogen (secondary N) is 1. The molecule has 0 aliphatic heterocycles. The van der Waals surface area contributed by atoms with Crippen LogP contribution in [0.5, 0.6) is 23.3 Å². The van der Waals surface area contributed by atoms with E-state index in [0.717, 1.165) is 22.2 Å². The van der Waals surface area contributed by atoms with Gasteiger partial charge in [-0.25, -0.2) is 24.3 Å². The zero-order valence-electron chi connectivity index (χ0n) is 24.3. The van der Waals surface area contributed by atoms with E-state index in [0.29, 0.717) is 44.9 Å². The number of aromatic hydroxyl groups is 1. The first-order valence-electron chi connectivity index (χ1n) is 13.3. The molecule has 10 nitrogen and oxygen atoms in total. The maximum absolute atomic E-state index is 14.4. The van der Waals surface area contributed by atoms with Crippen molar-refractivity contribution in [1.29, 1.82) is 0 Å². The first-order chi connectivity index (χ1) is 21.2. The van der Waals surface area contributed by atoms with Crippen molar-refractivity contribution in [3.8, 4) is 23.3 Å². The lowest BCUT2D eigenvalue weighted by molar-refractivity contribution is 0.285. The van der Waals surface area contributed by atoms with Gasteiger partial charge in [-0.2, -0.15) is 4.98 Å². The van der Waals surface area contributed by atoms with Crippen molar-refractivity contribution >= 4 is 44.9 Å². The molecule has 0 unspecified atom stereocenters. The Bertz CT molecular complexity index is 1940. The summed E-state index contributed by atoms with van der Waals surface area (Å²) in [6, 6.07) is 17.8. The Morgan fingerprint density at radius 1 is 0.886 bits per heavy atom. The molecule has 0 bridgehead atoms. The Balaban J connectivity index is 0.000000266. The van der Waals surface area contributed by atoms with Crippen LogP contribution in [0.15, 0.2) is 73.2 Å². The largest absolute Gasteiger partial charge is 0.508 e. The van der Waals surface area contributed by atoms with Gasteiger partial charge in [0.2, 0.25) is 0 Å². The summed E-state index contributed by atoms with van der Waals surface area (Å²) in [4.78, 5) is 20.8. The SMILES string of the molecule is COc1cc2c(Nc3cc(O)c(C)cc3F)ncnc2cc1OCc1cc(C)nc(Cl)c1.COc1ncc2ccccc2n1. The molecule has 3 heterocycles. The number of hydrogen-bond donors (Lipinski definition) is 2. The van der Waals surface area contributed by atoms with Gasteiger partial charge in [-0.15, -0.1) is 0 Å². The number of methoxy groups -OCH3 is 2. The number of ether oxygens (including phenoxy) is 3. The first kappa shape index (κ1) is 30.2. The highest BCUT2D eigenvalue weighted by atomic mass is 35.5. The van der Waals surface area contributed by atoms with Gasteiger partial charge < -0.3 is 24.6 Å². The summed E-state index contributed by atoms with van der Waals surface area (Å²) >= 11 is 6.02. The number of aryl methyl sites for hydroxylation is 2. The van der Waals surface area contributed by atoms with E-state index in [2.05, 4.69) is 30.2 Å². The standard InChI is InChI=1S/C23H20ClFN4O3.C9H8N2O/c1-12-4-16(25)18(8-19(12)30)29-23-15-7-20(31-3)21(9-17(15)26-11-27-23)32-10-14-5-13(2)28-22(24)6-14;1-12-9-10-6-7-4-2-3-5-8(7)11-9/h4-9,11,30H,10H2,1-3H3,(H,26,27,29);2-6H,1H3. The van der Waals surface area contributed by atoms with Gasteiger partial charge >= 0.3 is 6.01 Å². The van der Waals surface area contributed by atoms with Crippen LogP contribution < -0.4 is 19.5 Å². The third kappa shape index (κ3) is 7.01. The van der Waals surface area contributed by atoms with Crippen molar-refractivity contribution in [3.05, 3.63) is 101 Å². The molecule has 3 aromatic carbocycles. The minimum atomic E-state index is -0.509. The molecular formula is C32H28ClFN6O4. The maximum Gasteiger partial charge on any atom is 0.316 e. The maximum atomic E-state index is 14.4. The molecule has 6 aromatic rings. The summed E-state index contributed by atoms with van der Waals surface area (Å²) < 4.78 is 30.7. The molecule has 6 rings (SSSR count). The van der Waals surface area contributed by atoms with Gasteiger partial charge in [-0.1, -0.05) is 29.8 Å². The molecule has 2 N–H and O–H groups in total. The number of benzene rings is 3. The summed E-state index contributed by atoms with van der Waals surface area (Å²) in [6.45, 7) is 3.74. The van der Waals surface area contributed by atoms with Gasteiger partial charge in [0.25, 0.3) is 0 Å². The summed E-state index contributed by atoms with van der Waals surface area (Å²) in [5.41, 5.74) is 3.67. The number of halogens is 2. The topological polar surface area (TPSA) is 124 Å². The van der Waals surface area contributed by atoms with E-state index >= 15 is 0 Å². The normalized spacial score (nSPS) is 10.7. The minimum absolute atomic E-state index is 0.0213. The molecule has 0 aliphatic carbocycles. The van der Waals surface area contributed by atoms with Crippen LogP contribution in [-0.4, -0.2) is 44.2 Å². The van der Waals surface area contributed by atoms with Crippen LogP contribution in [0.2, 0.25) is 5.15 Å². The number of fused-ring (bicyclic) bond motifs is 2. The highest BCUT2D eigenvalue weighted by molar-refractivity contribution is 6.29. The molecule has 224 valence electrons. The lowest BCUT2D eigenvalue weighted by Gasteiger charge is -2.14. The van der Waals surface area contributed by atoms with Gasteiger partial charge in [-0.05, 0) is 55.3 Å². The lowest BCUT2D eigenvalue weighted by atomic mass is 10.1. The first-order valence-corrected chi connectivity index (χ1v) is 13.7. The second-order valence-electron chi connectivity index (χ2n) is 9.63. The second kappa shape index (κ2) is 13.3. The zero-order chi connectivity index (χ0) is 31.2. The van der Waals surface area contributed by atoms with Gasteiger partial charge in [0.05, 0.1) is 30.9 Å². The smallest absolute Gasteiger partial charge is 0.316 e. The predicted octanol–water partition coefficient (Wildman–Crippen LogP) is 7.11. The Morgan fingerprint density at radius 3 is 2.48 bits per heavy atom. The van der Waals surface area contributed by atoms with Crippen molar-refractivity contribution in [2.24, 2.45) is 0 Å². The fourth-order valence-corrected chi connectivity index (χ4v) is 4.59. The summed E-state index contributed by atoms with van der Waals surface area (Å²) in [5.74, 6) is 0.768. The molecule has 0 amide bonds. The van der Waals surface area contributed by atoms with Crippen molar-refractivity contribution in [1.82, 2.24) is 24.9 Å². The molecule has 0 fully saturated rings. The van der Waals surface area contributed by atoms with Crippen LogP contribution in [-0.2, 0) is 6.61 Å². The molecule has 3 aromatic heterocycles. The molecule has 0 aliphatic rings. The monoisotopic (exact) mass is 614 g/mol. The molecule has 0 atom stereocenters. The molecule has 12 heteroatoms. The Labute approximate surface area is 257 Å². The lowest BCUT2D eigenvalue weighted by Crippen LogP contribution is -2.02. The van der Waals surface area contributed by atoms with Crippen molar-refractivity contribution in [3.63, 3.8) is 0 Å². The van der Waals surface area contributed by atoms with Gasteiger partial charge in [0.1, 0.15) is 35.5 Å². The second-order valence-corrected chi connectivity index (χ2v) is 10.0. The van der Waals surface area contributed by atoms with E-state index < -0.39 is 5.82 Å². The van der Waals surface area contributed by atoms with Crippen LogP contribution >= 0.6 is 11.6 Å². The summed E-state index contributed by atoms with van der Waals surface area (Å²) in [6.07, 6.45) is 3.11. The minimum Gasteiger partial charge on any atom is -0.508 e. The third-order valence-electron chi connectivity index (χ3n) is 6.49. The van der Waals surface area contributed by atoms with Crippen molar-refractivity contribution < 1.29 is 23.7 Å². The number of rotatable bonds is 7. The fourth-order valence-electron chi connectivity index (χ4n) is 4.31. The zero-order valence-corrected chi connectivity index (χ0v) is 25.1. The Hall–Kier alpha value is -5.29. The Kier molecular flexibility index (Phi) is 9.15. The highest BCUT2D eigenvalue weighted by Crippen LogP contribution is 2.36. The highest BCUT2D eigenvalue weighted by Gasteiger charge is 2.14. The van der Waals surface area contributed by atoms with Crippen LogP contribution in [0.3, 0.4) is 0 Å². The molecule has 0 spiro atoms. The van der Waals surface area contributed by atoms with Gasteiger partial charge in [0.15, 0.2) is 11.5 Å². The van der Waals surface area contributed by atoms with Crippen LogP contribution in [0.25, 0.3) is 21.8 Å². The number of anilines is 2. The van der Waals surface area contributed by atoms with Gasteiger partial charge in [0, 0.05) is 34.8 Å². The summed E-state index contributed by atoms with van der Waals surface area (Å²) in [7, 11) is 3.08. The average Bonchev–Trinajstić information content (AvgIpc) is 3.02. The van der Waals surface area contributed by atoms with Crippen LogP contribution in [0.4, 0.5) is 15.9 Å². The average molecular weight is 615 g/mol. The van der Waals surface area contributed by atoms with Crippen molar-refractivity contribution in [2.45, 2.75) is 20.5 Å². The van der Waals surface area contributed by atoms with E-state index in [-0.39, 0.29) is 18.0 Å². The number of nitrogens with zero attached hydrogens (tertiary/aromatic N) is 5. The number of aromatic nitrogens is 5. The van der Waals surface area contributed by atoms with E-state index in [1.807, 2.05) is 37.3 Å². The number of hydrogen-bond acceptors (Lipinski definition) is 10. The summed E-state index contributed by atoms with van der Waals surface area (Å²) in [5, 5.41) is 14.9. The van der Waals surface area contributed by atoms with E-state index in [9.17, 15) is 9.50 Å². The molecule has 0 saturated carbocycles. The molecule has 0 radical (unpaired) electrons. The quantitative estimate of drug-likeness (QED) is 0.180. The molecule has 0 saturated heterocycles. The molecular weight excluding hydrogens is 587 g/mol. The van der Waals surface area contributed by atoms with E-state index in [1.165, 1.54) is 25.6 Å². The van der Waals surface area contributed by atoms with Crippen LogP contribution in [0.1, 0.15) is 16.8 Å². The molecule has 44 heavy (non-hydrogen) atoms. The van der Waals surface area contributed by atoms with Gasteiger partial charge in [-0.3, -0.25) is 0 Å². The number of pyridine rings is 1. The number of phenolic OH excluding ortho intramolecular Hbond substituents is 1. The Morgan fingerprint density at radius 2 is 1.70 bits per heavy atom. The van der Waals surface area contributed by atoms with Crippen molar-refractivity contribution in [2.75, 3.05) is 19.5 Å². The van der Waals surface area contributed by atoms with E-state index in [1.54, 1.807) is 38.4 Å².